The summed E-state index contributed by atoms with van der Waals surface area (Å²) in [5, 5.41) is 14.5. The number of ether oxygens (including phenoxy) is 1. The maximum absolute atomic E-state index is 12.6. The van der Waals surface area contributed by atoms with E-state index in [-0.39, 0.29) is 34.5 Å². The van der Waals surface area contributed by atoms with Gasteiger partial charge in [0.25, 0.3) is 5.91 Å². The van der Waals surface area contributed by atoms with Crippen LogP contribution in [0.2, 0.25) is 0 Å². The summed E-state index contributed by atoms with van der Waals surface area (Å²) in [6.07, 6.45) is 0. The van der Waals surface area contributed by atoms with Gasteiger partial charge >= 0.3 is 0 Å². The fraction of sp³-hybridized carbons (Fsp3) is 0.125. The molecule has 4 rings (SSSR count). The van der Waals surface area contributed by atoms with Crippen LogP contribution in [0.25, 0.3) is 10.8 Å². The number of aromatic hydroxyl groups is 1. The van der Waals surface area contributed by atoms with Crippen LogP contribution in [0, 0.1) is 0 Å². The standard InChI is InChI=1S/C24H21NO6S/c1-2-32(28,29)18-11-12-21(26)20(14-18)25-24(27)23-13-10-17(31-23)15-30-22-9-5-7-16-6-3-4-8-19(16)22/h3-14,26H,2,15H2,1H3,(H,25,27). The number of anilines is 1. The number of phenols is 1. The number of fused-ring (bicyclic) bond motifs is 1. The van der Waals surface area contributed by atoms with E-state index >= 15 is 0 Å². The van der Waals surface area contributed by atoms with E-state index in [1.165, 1.54) is 31.2 Å². The number of nitrogens with one attached hydrogen (secondary N) is 1. The second-order valence-corrected chi connectivity index (χ2v) is 9.35. The fourth-order valence-corrected chi connectivity index (χ4v) is 4.11. The van der Waals surface area contributed by atoms with E-state index in [9.17, 15) is 18.3 Å². The van der Waals surface area contributed by atoms with Gasteiger partial charge in [-0.15, -0.1) is 0 Å². The number of benzene rings is 3. The number of rotatable bonds is 7. The van der Waals surface area contributed by atoms with Gasteiger partial charge in [-0.2, -0.15) is 0 Å². The molecular weight excluding hydrogens is 430 g/mol. The van der Waals surface area contributed by atoms with Gasteiger partial charge in [0.1, 0.15) is 23.9 Å². The zero-order chi connectivity index (χ0) is 22.7. The Morgan fingerprint density at radius 1 is 1.03 bits per heavy atom. The lowest BCUT2D eigenvalue weighted by Crippen LogP contribution is -2.12. The monoisotopic (exact) mass is 451 g/mol. The second kappa shape index (κ2) is 8.76. The molecule has 2 N–H and O–H groups in total. The molecule has 4 aromatic rings. The van der Waals surface area contributed by atoms with Crippen LogP contribution in [0.15, 0.2) is 82.1 Å². The predicted molar refractivity (Wildman–Crippen MR) is 121 cm³/mol. The molecule has 1 heterocycles. The summed E-state index contributed by atoms with van der Waals surface area (Å²) >= 11 is 0. The highest BCUT2D eigenvalue weighted by Gasteiger charge is 2.18. The van der Waals surface area contributed by atoms with E-state index in [1.807, 2.05) is 42.5 Å². The summed E-state index contributed by atoms with van der Waals surface area (Å²) in [7, 11) is -3.49. The minimum Gasteiger partial charge on any atom is -0.506 e. The first-order valence-corrected chi connectivity index (χ1v) is 11.6. The van der Waals surface area contributed by atoms with Gasteiger partial charge in [0.05, 0.1) is 16.3 Å². The number of phenolic OH excluding ortho intramolecular Hbond substituents is 1. The molecule has 7 nitrogen and oxygen atoms in total. The Labute approximate surface area is 185 Å². The van der Waals surface area contributed by atoms with E-state index in [4.69, 9.17) is 9.15 Å². The molecule has 32 heavy (non-hydrogen) atoms. The van der Waals surface area contributed by atoms with Crippen molar-refractivity contribution >= 4 is 32.2 Å². The van der Waals surface area contributed by atoms with Crippen LogP contribution >= 0.6 is 0 Å². The third-order valence-corrected chi connectivity index (χ3v) is 6.69. The van der Waals surface area contributed by atoms with Gasteiger partial charge in [-0.3, -0.25) is 4.79 Å². The minimum atomic E-state index is -3.49. The van der Waals surface area contributed by atoms with Crippen molar-refractivity contribution in [3.63, 3.8) is 0 Å². The normalized spacial score (nSPS) is 11.4. The van der Waals surface area contributed by atoms with Gasteiger partial charge in [0.15, 0.2) is 15.6 Å². The molecule has 0 unspecified atom stereocenters. The van der Waals surface area contributed by atoms with Crippen LogP contribution in [0.3, 0.4) is 0 Å². The minimum absolute atomic E-state index is 0.00433. The van der Waals surface area contributed by atoms with Crippen molar-refractivity contribution < 1.29 is 27.5 Å². The first kappa shape index (κ1) is 21.5. The van der Waals surface area contributed by atoms with Gasteiger partial charge in [-0.05, 0) is 41.8 Å². The highest BCUT2D eigenvalue weighted by molar-refractivity contribution is 7.91. The van der Waals surface area contributed by atoms with Crippen molar-refractivity contribution in [2.75, 3.05) is 11.1 Å². The lowest BCUT2D eigenvalue weighted by molar-refractivity contribution is 0.0992. The molecule has 0 radical (unpaired) electrons. The number of hydrogen-bond donors (Lipinski definition) is 2. The van der Waals surface area contributed by atoms with E-state index in [1.54, 1.807) is 6.07 Å². The lowest BCUT2D eigenvalue weighted by atomic mass is 10.1. The lowest BCUT2D eigenvalue weighted by Gasteiger charge is -2.09. The van der Waals surface area contributed by atoms with Crippen LogP contribution in [0.4, 0.5) is 5.69 Å². The van der Waals surface area contributed by atoms with Crippen LogP contribution in [0.1, 0.15) is 23.2 Å². The van der Waals surface area contributed by atoms with Crippen LogP contribution in [0.5, 0.6) is 11.5 Å². The average Bonchev–Trinajstić information content (AvgIpc) is 3.28. The smallest absolute Gasteiger partial charge is 0.291 e. The molecule has 0 spiro atoms. The maximum atomic E-state index is 12.6. The molecule has 8 heteroatoms. The molecule has 0 bridgehead atoms. The zero-order valence-electron chi connectivity index (χ0n) is 17.2. The number of amides is 1. The van der Waals surface area contributed by atoms with Crippen molar-refractivity contribution in [1.29, 1.82) is 0 Å². The van der Waals surface area contributed by atoms with Crippen molar-refractivity contribution in [3.05, 3.63) is 84.3 Å². The Balaban J connectivity index is 1.47. The molecular formula is C24H21NO6S. The molecule has 1 amide bonds. The Bertz CT molecular complexity index is 1390. The van der Waals surface area contributed by atoms with E-state index < -0.39 is 15.7 Å². The average molecular weight is 452 g/mol. The van der Waals surface area contributed by atoms with Crippen molar-refractivity contribution in [2.24, 2.45) is 0 Å². The molecule has 0 aliphatic carbocycles. The molecule has 0 atom stereocenters. The molecule has 0 saturated carbocycles. The van der Waals surface area contributed by atoms with E-state index in [0.29, 0.717) is 11.5 Å². The molecule has 0 aliphatic heterocycles. The number of sulfone groups is 1. The number of hydrogen-bond acceptors (Lipinski definition) is 6. The summed E-state index contributed by atoms with van der Waals surface area (Å²) in [6.45, 7) is 1.64. The topological polar surface area (TPSA) is 106 Å². The predicted octanol–water partition coefficient (Wildman–Crippen LogP) is 4.76. The third-order valence-electron chi connectivity index (χ3n) is 4.96. The molecule has 3 aromatic carbocycles. The summed E-state index contributed by atoms with van der Waals surface area (Å²) in [5.41, 5.74) is -0.0190. The Hall–Kier alpha value is -3.78. The summed E-state index contributed by atoms with van der Waals surface area (Å²) in [5.74, 6) is 0.175. The van der Waals surface area contributed by atoms with E-state index in [2.05, 4.69) is 5.32 Å². The van der Waals surface area contributed by atoms with E-state index in [0.717, 1.165) is 10.8 Å². The van der Waals surface area contributed by atoms with Gasteiger partial charge < -0.3 is 19.6 Å². The van der Waals surface area contributed by atoms with Gasteiger partial charge in [0.2, 0.25) is 0 Å². The number of carbonyl (C=O) groups excluding carboxylic acids is 1. The highest BCUT2D eigenvalue weighted by Crippen LogP contribution is 2.28. The highest BCUT2D eigenvalue weighted by atomic mass is 32.2. The quantitative estimate of drug-likeness (QED) is 0.392. The SMILES string of the molecule is CCS(=O)(=O)c1ccc(O)c(NC(=O)c2ccc(COc3cccc4ccccc34)o2)c1. The third kappa shape index (κ3) is 4.45. The van der Waals surface area contributed by atoms with Gasteiger partial charge in [-0.1, -0.05) is 43.3 Å². The first-order valence-electron chi connectivity index (χ1n) is 9.94. The van der Waals surface area contributed by atoms with Crippen LogP contribution in [-0.2, 0) is 16.4 Å². The molecule has 0 saturated heterocycles. The molecule has 0 aliphatic rings. The Morgan fingerprint density at radius 2 is 1.81 bits per heavy atom. The van der Waals surface area contributed by atoms with Crippen molar-refractivity contribution in [3.8, 4) is 11.5 Å². The number of carbonyl (C=O) groups is 1. The molecule has 164 valence electrons. The van der Waals surface area contributed by atoms with Crippen molar-refractivity contribution in [1.82, 2.24) is 0 Å². The zero-order valence-corrected chi connectivity index (χ0v) is 18.1. The summed E-state index contributed by atoms with van der Waals surface area (Å²) in [4.78, 5) is 12.6. The second-order valence-electron chi connectivity index (χ2n) is 7.07. The maximum Gasteiger partial charge on any atom is 0.291 e. The van der Waals surface area contributed by atoms with Crippen molar-refractivity contribution in [2.45, 2.75) is 18.4 Å². The molecule has 0 fully saturated rings. The number of furan rings is 1. The largest absolute Gasteiger partial charge is 0.506 e. The first-order chi connectivity index (χ1) is 15.4. The fourth-order valence-electron chi connectivity index (χ4n) is 3.21. The summed E-state index contributed by atoms with van der Waals surface area (Å²) < 4.78 is 35.6. The molecule has 1 aromatic heterocycles. The van der Waals surface area contributed by atoms with Crippen LogP contribution < -0.4 is 10.1 Å². The van der Waals surface area contributed by atoms with Gasteiger partial charge in [-0.25, -0.2) is 8.42 Å². The summed E-state index contributed by atoms with van der Waals surface area (Å²) in [6, 6.07) is 20.4. The Morgan fingerprint density at radius 3 is 2.62 bits per heavy atom. The van der Waals surface area contributed by atoms with Crippen LogP contribution in [-0.4, -0.2) is 25.2 Å². The Kier molecular flexibility index (Phi) is 5.87. The van der Waals surface area contributed by atoms with Gasteiger partial charge in [0, 0.05) is 5.39 Å².